The summed E-state index contributed by atoms with van der Waals surface area (Å²) in [5, 5.41) is 14.7. The van der Waals surface area contributed by atoms with Crippen LogP contribution < -0.4 is 11.1 Å². The lowest BCUT2D eigenvalue weighted by molar-refractivity contribution is -0.121. The number of hydrogen-bond acceptors (Lipinski definition) is 3. The molecule has 0 spiro atoms. The molecule has 4 N–H and O–H groups in total. The lowest BCUT2D eigenvalue weighted by Crippen LogP contribution is -2.37. The number of nitrogens with one attached hydrogen (secondary N) is 1. The standard InChI is InChI=1S/C16H17N3O2/c17-15(19-21)14(13-9-5-2-6-10-13)16(20)18-11-12-7-3-1-4-8-12/h1-10,14,21H,11H2,(H2,17,19)(H,18,20). The Morgan fingerprint density at radius 1 is 1.10 bits per heavy atom. The Bertz CT molecular complexity index is 612. The molecule has 5 nitrogen and oxygen atoms in total. The van der Waals surface area contributed by atoms with Crippen molar-refractivity contribution in [2.75, 3.05) is 0 Å². The van der Waals surface area contributed by atoms with Crippen molar-refractivity contribution in [3.63, 3.8) is 0 Å². The predicted molar refractivity (Wildman–Crippen MR) is 80.9 cm³/mol. The zero-order valence-corrected chi connectivity index (χ0v) is 11.4. The number of benzene rings is 2. The van der Waals surface area contributed by atoms with Crippen LogP contribution in [0.3, 0.4) is 0 Å². The Kier molecular flexibility index (Phi) is 4.93. The number of amides is 1. The monoisotopic (exact) mass is 283 g/mol. The Labute approximate surface area is 123 Å². The molecule has 0 saturated heterocycles. The summed E-state index contributed by atoms with van der Waals surface area (Å²) in [6.45, 7) is 0.391. The molecule has 0 saturated carbocycles. The molecule has 21 heavy (non-hydrogen) atoms. The lowest BCUT2D eigenvalue weighted by Gasteiger charge is -2.16. The van der Waals surface area contributed by atoms with Crippen molar-refractivity contribution in [2.45, 2.75) is 12.5 Å². The highest BCUT2D eigenvalue weighted by molar-refractivity contribution is 6.07. The molecule has 0 bridgehead atoms. The van der Waals surface area contributed by atoms with E-state index in [0.717, 1.165) is 5.56 Å². The summed E-state index contributed by atoms with van der Waals surface area (Å²) >= 11 is 0. The topological polar surface area (TPSA) is 87.7 Å². The Morgan fingerprint density at radius 2 is 1.67 bits per heavy atom. The zero-order valence-electron chi connectivity index (χ0n) is 11.4. The van der Waals surface area contributed by atoms with Crippen molar-refractivity contribution < 1.29 is 10.0 Å². The minimum absolute atomic E-state index is 0.133. The molecule has 1 amide bonds. The molecule has 0 aliphatic heterocycles. The maximum absolute atomic E-state index is 12.3. The highest BCUT2D eigenvalue weighted by atomic mass is 16.4. The molecule has 0 aliphatic carbocycles. The van der Waals surface area contributed by atoms with E-state index in [1.165, 1.54) is 0 Å². The average molecular weight is 283 g/mol. The molecule has 2 aromatic rings. The lowest BCUT2D eigenvalue weighted by atomic mass is 9.97. The second kappa shape index (κ2) is 7.09. The second-order valence-electron chi connectivity index (χ2n) is 4.57. The first-order valence-electron chi connectivity index (χ1n) is 6.56. The second-order valence-corrected chi connectivity index (χ2v) is 4.57. The first-order valence-corrected chi connectivity index (χ1v) is 6.56. The van der Waals surface area contributed by atoms with Gasteiger partial charge in [-0.15, -0.1) is 0 Å². The summed E-state index contributed by atoms with van der Waals surface area (Å²) < 4.78 is 0. The molecule has 0 radical (unpaired) electrons. The zero-order chi connectivity index (χ0) is 15.1. The maximum atomic E-state index is 12.3. The molecule has 108 valence electrons. The molecule has 0 aromatic heterocycles. The molecule has 1 unspecified atom stereocenters. The highest BCUT2D eigenvalue weighted by Gasteiger charge is 2.24. The van der Waals surface area contributed by atoms with Gasteiger partial charge in [-0.3, -0.25) is 4.79 Å². The van der Waals surface area contributed by atoms with Gasteiger partial charge in [-0.25, -0.2) is 0 Å². The highest BCUT2D eigenvalue weighted by Crippen LogP contribution is 2.16. The van der Waals surface area contributed by atoms with E-state index in [0.29, 0.717) is 12.1 Å². The van der Waals surface area contributed by atoms with Crippen LogP contribution in [0.4, 0.5) is 0 Å². The fourth-order valence-corrected chi connectivity index (χ4v) is 2.05. The number of carbonyl (C=O) groups is 1. The molecule has 0 heterocycles. The van der Waals surface area contributed by atoms with Gasteiger partial charge in [0, 0.05) is 6.54 Å². The molecule has 2 aromatic carbocycles. The van der Waals surface area contributed by atoms with E-state index in [-0.39, 0.29) is 11.7 Å². The van der Waals surface area contributed by atoms with E-state index in [2.05, 4.69) is 10.5 Å². The van der Waals surface area contributed by atoms with E-state index in [9.17, 15) is 4.79 Å². The van der Waals surface area contributed by atoms with Crippen LogP contribution >= 0.6 is 0 Å². The van der Waals surface area contributed by atoms with Gasteiger partial charge in [0.05, 0.1) is 0 Å². The number of oxime groups is 1. The van der Waals surface area contributed by atoms with Gasteiger partial charge < -0.3 is 16.3 Å². The molecular formula is C16H17N3O2. The van der Waals surface area contributed by atoms with E-state index >= 15 is 0 Å². The minimum Gasteiger partial charge on any atom is -0.409 e. The molecular weight excluding hydrogens is 266 g/mol. The normalized spacial score (nSPS) is 12.7. The van der Waals surface area contributed by atoms with Gasteiger partial charge in [0.15, 0.2) is 5.84 Å². The quantitative estimate of drug-likeness (QED) is 0.338. The fraction of sp³-hybridized carbons (Fsp3) is 0.125. The minimum atomic E-state index is -0.806. The fourth-order valence-electron chi connectivity index (χ4n) is 2.05. The maximum Gasteiger partial charge on any atom is 0.235 e. The molecule has 0 fully saturated rings. The Balaban J connectivity index is 2.12. The first-order chi connectivity index (χ1) is 10.2. The van der Waals surface area contributed by atoms with Gasteiger partial charge in [-0.1, -0.05) is 65.8 Å². The number of amidine groups is 1. The van der Waals surface area contributed by atoms with E-state index in [1.807, 2.05) is 36.4 Å². The predicted octanol–water partition coefficient (Wildman–Crippen LogP) is 1.83. The van der Waals surface area contributed by atoms with Crippen LogP contribution in [0.1, 0.15) is 17.0 Å². The number of hydrogen-bond donors (Lipinski definition) is 3. The van der Waals surface area contributed by atoms with Crippen molar-refractivity contribution in [3.8, 4) is 0 Å². The van der Waals surface area contributed by atoms with Crippen LogP contribution in [0.2, 0.25) is 0 Å². The molecule has 2 rings (SSSR count). The summed E-state index contributed by atoms with van der Waals surface area (Å²) in [6.07, 6.45) is 0. The SMILES string of the molecule is NC(=NO)C(C(=O)NCc1ccccc1)c1ccccc1. The summed E-state index contributed by atoms with van der Waals surface area (Å²) in [5.74, 6) is -1.24. The number of nitrogens with two attached hydrogens (primary N) is 1. The Morgan fingerprint density at radius 3 is 2.24 bits per heavy atom. The van der Waals surface area contributed by atoms with Gasteiger partial charge in [0.1, 0.15) is 5.92 Å². The largest absolute Gasteiger partial charge is 0.409 e. The third-order valence-electron chi connectivity index (χ3n) is 3.12. The first kappa shape index (κ1) is 14.6. The third kappa shape index (κ3) is 3.82. The van der Waals surface area contributed by atoms with Gasteiger partial charge in [-0.2, -0.15) is 0 Å². The number of carbonyl (C=O) groups excluding carboxylic acids is 1. The molecule has 0 aliphatic rings. The van der Waals surface area contributed by atoms with Crippen LogP contribution in [0.5, 0.6) is 0 Å². The summed E-state index contributed by atoms with van der Waals surface area (Å²) in [5.41, 5.74) is 7.32. The Hall–Kier alpha value is -2.82. The number of nitrogens with zero attached hydrogens (tertiary/aromatic N) is 1. The van der Waals surface area contributed by atoms with Crippen LogP contribution in [-0.4, -0.2) is 17.0 Å². The van der Waals surface area contributed by atoms with E-state index in [4.69, 9.17) is 10.9 Å². The van der Waals surface area contributed by atoms with Crippen LogP contribution in [-0.2, 0) is 11.3 Å². The van der Waals surface area contributed by atoms with Crippen molar-refractivity contribution >= 4 is 11.7 Å². The number of rotatable bonds is 5. The summed E-state index contributed by atoms with van der Waals surface area (Å²) in [7, 11) is 0. The smallest absolute Gasteiger partial charge is 0.235 e. The third-order valence-corrected chi connectivity index (χ3v) is 3.12. The summed E-state index contributed by atoms with van der Waals surface area (Å²) in [6, 6.07) is 18.5. The van der Waals surface area contributed by atoms with Crippen LogP contribution in [0.25, 0.3) is 0 Å². The van der Waals surface area contributed by atoms with Crippen molar-refractivity contribution in [1.82, 2.24) is 5.32 Å². The van der Waals surface area contributed by atoms with Crippen molar-refractivity contribution in [3.05, 3.63) is 71.8 Å². The van der Waals surface area contributed by atoms with E-state index in [1.54, 1.807) is 24.3 Å². The van der Waals surface area contributed by atoms with Gasteiger partial charge in [-0.05, 0) is 11.1 Å². The van der Waals surface area contributed by atoms with Crippen molar-refractivity contribution in [2.24, 2.45) is 10.9 Å². The van der Waals surface area contributed by atoms with E-state index < -0.39 is 5.92 Å². The molecule has 1 atom stereocenters. The molecule has 5 heteroatoms. The average Bonchev–Trinajstić information content (AvgIpc) is 2.55. The van der Waals surface area contributed by atoms with Gasteiger partial charge in [0.2, 0.25) is 5.91 Å². The van der Waals surface area contributed by atoms with Crippen LogP contribution in [0.15, 0.2) is 65.8 Å². The van der Waals surface area contributed by atoms with Gasteiger partial charge in [0.25, 0.3) is 0 Å². The van der Waals surface area contributed by atoms with Crippen molar-refractivity contribution in [1.29, 1.82) is 0 Å². The summed E-state index contributed by atoms with van der Waals surface area (Å²) in [4.78, 5) is 12.3. The van der Waals surface area contributed by atoms with Gasteiger partial charge >= 0.3 is 0 Å². The van der Waals surface area contributed by atoms with Crippen LogP contribution in [0, 0.1) is 0 Å².